The number of nitrogens with zero attached hydrogens (tertiary/aromatic N) is 1. The summed E-state index contributed by atoms with van der Waals surface area (Å²) < 4.78 is 2.55. The van der Waals surface area contributed by atoms with Gasteiger partial charge in [-0.2, -0.15) is 0 Å². The topological polar surface area (TPSA) is 3.24 Å². The smallest absolute Gasteiger partial charge is 0.147 e. The second-order valence-electron chi connectivity index (χ2n) is 7.16. The summed E-state index contributed by atoms with van der Waals surface area (Å²) in [7, 11) is -3.79. The van der Waals surface area contributed by atoms with Crippen LogP contribution in [-0.4, -0.2) is 28.8 Å². The van der Waals surface area contributed by atoms with Crippen LogP contribution in [0.3, 0.4) is 0 Å². The van der Waals surface area contributed by atoms with Crippen molar-refractivity contribution in [3.8, 4) is 11.6 Å². The molecule has 0 aromatic heterocycles. The van der Waals surface area contributed by atoms with Gasteiger partial charge in [-0.15, -0.1) is 5.54 Å². The van der Waals surface area contributed by atoms with Crippen molar-refractivity contribution in [2.75, 3.05) is 0 Å². The third-order valence-corrected chi connectivity index (χ3v) is 9.68. The highest BCUT2D eigenvalue weighted by Gasteiger charge is 2.32. The lowest BCUT2D eigenvalue weighted by Crippen LogP contribution is -2.56. The molecule has 0 unspecified atom stereocenters. The van der Waals surface area contributed by atoms with Crippen molar-refractivity contribution in [2.45, 2.75) is 58.9 Å². The van der Waals surface area contributed by atoms with E-state index in [-0.39, 0.29) is 0 Å². The van der Waals surface area contributed by atoms with E-state index in [0.717, 1.165) is 0 Å². The van der Waals surface area contributed by atoms with Gasteiger partial charge in [0.2, 0.25) is 0 Å². The van der Waals surface area contributed by atoms with Gasteiger partial charge >= 0.3 is 0 Å². The summed E-state index contributed by atoms with van der Waals surface area (Å²) in [6, 6.07) is 3.51. The molecular formula is C11H27NSi3. The molecule has 0 saturated carbocycles. The van der Waals surface area contributed by atoms with Crippen molar-refractivity contribution in [3.63, 3.8) is 0 Å². The summed E-state index contributed by atoms with van der Waals surface area (Å²) >= 11 is 0. The van der Waals surface area contributed by atoms with E-state index in [0.29, 0.717) is 0 Å². The Morgan fingerprint density at radius 1 is 0.667 bits per heavy atom. The Morgan fingerprint density at radius 3 is 1.20 bits per heavy atom. The molecule has 0 aromatic rings. The molecule has 4 heteroatoms. The van der Waals surface area contributed by atoms with Gasteiger partial charge in [-0.25, -0.2) is 0 Å². The van der Waals surface area contributed by atoms with Gasteiger partial charge in [0, 0.05) is 0 Å². The molecule has 0 aromatic carbocycles. The summed E-state index contributed by atoms with van der Waals surface area (Å²) in [6.45, 7) is 21.3. The average Bonchev–Trinajstić information content (AvgIpc) is 1.75. The largest absolute Gasteiger partial charge is 0.385 e. The first kappa shape index (κ1) is 15.0. The fourth-order valence-corrected chi connectivity index (χ4v) is 11.1. The summed E-state index contributed by atoms with van der Waals surface area (Å²) in [4.78, 5) is 0. The molecular weight excluding hydrogens is 230 g/mol. The van der Waals surface area contributed by atoms with Crippen LogP contribution < -0.4 is 0 Å². The van der Waals surface area contributed by atoms with E-state index >= 15 is 0 Å². The van der Waals surface area contributed by atoms with Crippen molar-refractivity contribution < 1.29 is 0 Å². The second kappa shape index (κ2) is 4.48. The van der Waals surface area contributed by atoms with Gasteiger partial charge in [-0.3, -0.25) is 0 Å². The first-order valence-electron chi connectivity index (χ1n) is 5.67. The van der Waals surface area contributed by atoms with Crippen molar-refractivity contribution in [2.24, 2.45) is 0 Å². The van der Waals surface area contributed by atoms with Crippen LogP contribution in [0.5, 0.6) is 0 Å². The Bertz CT molecular complexity index is 253. The van der Waals surface area contributed by atoms with Gasteiger partial charge in [0.1, 0.15) is 24.5 Å². The normalized spacial score (nSPS) is 13.1. The molecule has 0 saturated heterocycles. The van der Waals surface area contributed by atoms with E-state index in [1.165, 1.54) is 0 Å². The number of hydrogen-bond donors (Lipinski definition) is 0. The first-order valence-corrected chi connectivity index (χ1v) is 16.1. The molecule has 0 aliphatic heterocycles. The minimum atomic E-state index is -1.28. The third-order valence-electron chi connectivity index (χ3n) is 1.88. The maximum atomic E-state index is 3.52. The van der Waals surface area contributed by atoms with Crippen LogP contribution in [-0.2, 0) is 0 Å². The molecule has 0 aliphatic carbocycles. The Morgan fingerprint density at radius 2 is 1.00 bits per heavy atom. The fourth-order valence-electron chi connectivity index (χ4n) is 1.57. The van der Waals surface area contributed by atoms with Crippen LogP contribution >= 0.6 is 0 Å². The lowest BCUT2D eigenvalue weighted by atomic mass is 11.2. The lowest BCUT2D eigenvalue weighted by Gasteiger charge is -2.41. The van der Waals surface area contributed by atoms with Gasteiger partial charge in [-0.1, -0.05) is 58.9 Å². The zero-order valence-electron chi connectivity index (χ0n) is 11.9. The van der Waals surface area contributed by atoms with E-state index < -0.39 is 24.5 Å². The van der Waals surface area contributed by atoms with E-state index in [9.17, 15) is 0 Å². The first-order chi connectivity index (χ1) is 6.34. The SMILES string of the molecule is C[Si](C)(C)C#CN([Si](C)(C)C)[Si](C)(C)C. The molecule has 0 fully saturated rings. The number of hydrogen-bond acceptors (Lipinski definition) is 1. The minimum Gasteiger partial charge on any atom is -0.385 e. The van der Waals surface area contributed by atoms with Gasteiger partial charge in [0.15, 0.2) is 0 Å². The molecule has 15 heavy (non-hydrogen) atoms. The summed E-state index contributed by atoms with van der Waals surface area (Å²) in [5, 5.41) is 0. The maximum Gasteiger partial charge on any atom is 0.147 e. The Hall–Kier alpha value is 0.0106. The van der Waals surface area contributed by atoms with E-state index in [4.69, 9.17) is 0 Å². The highest BCUT2D eigenvalue weighted by atomic mass is 28.4. The molecule has 0 atom stereocenters. The van der Waals surface area contributed by atoms with Crippen molar-refractivity contribution in [1.82, 2.24) is 4.23 Å². The van der Waals surface area contributed by atoms with Gasteiger partial charge in [0.25, 0.3) is 0 Å². The molecule has 0 aliphatic rings. The Balaban J connectivity index is 5.07. The van der Waals surface area contributed by atoms with Gasteiger partial charge in [0.05, 0.1) is 0 Å². The van der Waals surface area contributed by atoms with Crippen LogP contribution in [0.4, 0.5) is 0 Å². The highest BCUT2D eigenvalue weighted by Crippen LogP contribution is 2.18. The molecule has 0 rings (SSSR count). The molecule has 0 heterocycles. The Kier molecular flexibility index (Phi) is 4.48. The molecule has 0 radical (unpaired) electrons. The molecule has 0 spiro atoms. The van der Waals surface area contributed by atoms with E-state index in [2.05, 4.69) is 74.7 Å². The van der Waals surface area contributed by atoms with Crippen LogP contribution in [0.25, 0.3) is 0 Å². The molecule has 1 nitrogen and oxygen atoms in total. The predicted octanol–water partition coefficient (Wildman–Crippen LogP) is 3.80. The molecule has 88 valence electrons. The summed E-state index contributed by atoms with van der Waals surface area (Å²) in [5.74, 6) is 0. The third kappa shape index (κ3) is 6.23. The monoisotopic (exact) mass is 257 g/mol. The predicted molar refractivity (Wildman–Crippen MR) is 79.7 cm³/mol. The maximum absolute atomic E-state index is 3.52. The molecule has 0 N–H and O–H groups in total. The number of rotatable bonds is 2. The van der Waals surface area contributed by atoms with Gasteiger partial charge in [-0.05, 0) is 6.04 Å². The second-order valence-corrected chi connectivity index (χ2v) is 21.9. The van der Waals surface area contributed by atoms with Crippen LogP contribution in [0, 0.1) is 11.6 Å². The standard InChI is InChI=1S/C11H27NSi3/c1-13(2,3)11-10-12(14(4,5)6)15(7,8)9/h1-9H3. The van der Waals surface area contributed by atoms with Crippen LogP contribution in [0.15, 0.2) is 0 Å². The molecule has 0 amide bonds. The zero-order valence-corrected chi connectivity index (χ0v) is 14.9. The van der Waals surface area contributed by atoms with Crippen molar-refractivity contribution in [1.29, 1.82) is 0 Å². The van der Waals surface area contributed by atoms with Gasteiger partial charge < -0.3 is 4.23 Å². The van der Waals surface area contributed by atoms with Crippen molar-refractivity contribution in [3.05, 3.63) is 0 Å². The summed E-state index contributed by atoms with van der Waals surface area (Å²) in [5.41, 5.74) is 3.52. The average molecular weight is 258 g/mol. The quantitative estimate of drug-likeness (QED) is 0.413. The van der Waals surface area contributed by atoms with Crippen LogP contribution in [0.1, 0.15) is 0 Å². The zero-order chi connectivity index (χ0) is 12.5. The summed E-state index contributed by atoms with van der Waals surface area (Å²) in [6.07, 6.45) is 0. The van der Waals surface area contributed by atoms with E-state index in [1.807, 2.05) is 0 Å². The van der Waals surface area contributed by atoms with Crippen molar-refractivity contribution >= 4 is 24.5 Å². The Labute approximate surface area is 99.5 Å². The van der Waals surface area contributed by atoms with E-state index in [1.54, 1.807) is 0 Å². The molecule has 0 bridgehead atoms. The minimum absolute atomic E-state index is 1.24. The fraction of sp³-hybridized carbons (Fsp3) is 0.818. The lowest BCUT2D eigenvalue weighted by molar-refractivity contribution is 0.876. The van der Waals surface area contributed by atoms with Crippen LogP contribution in [0.2, 0.25) is 58.9 Å². The highest BCUT2D eigenvalue weighted by molar-refractivity contribution is 6.90.